The number of nitrogens with two attached hydrogens (primary N) is 2. The molecule has 6 rings (SSSR count). The number of Topliss-reactive ketones (excluding diaryl/α,β-unsaturated/α-hetero) is 2. The van der Waals surface area contributed by atoms with Crippen LogP contribution in [0.2, 0.25) is 0 Å². The van der Waals surface area contributed by atoms with E-state index in [9.17, 15) is 61.5 Å². The predicted octanol–water partition coefficient (Wildman–Crippen LogP) is 1.49. The van der Waals surface area contributed by atoms with Gasteiger partial charge in [0.1, 0.15) is 51.9 Å². The van der Waals surface area contributed by atoms with Gasteiger partial charge in [0.15, 0.2) is 0 Å². The number of hydrogen-bond acceptors (Lipinski definition) is 20. The third kappa shape index (κ3) is 7.57. The second-order valence-corrected chi connectivity index (χ2v) is 17.1. The highest BCUT2D eigenvalue weighted by Crippen LogP contribution is 2.37. The maximum Gasteiger partial charge on any atom is 0.215 e. The molecule has 0 saturated heterocycles. The molecule has 290 valence electrons. The van der Waals surface area contributed by atoms with E-state index in [-0.39, 0.29) is 11.4 Å². The van der Waals surface area contributed by atoms with E-state index < -0.39 is 105 Å². The molecule has 24 heteroatoms. The van der Waals surface area contributed by atoms with E-state index in [0.29, 0.717) is 34.6 Å². The van der Waals surface area contributed by atoms with Crippen molar-refractivity contribution in [2.24, 2.45) is 10.2 Å². The molecule has 0 bridgehead atoms. The molecule has 0 atom stereocenters. The fraction of sp³-hybridized carbons (Fsp3) is 0. The molecule has 20 nitrogen and oxygen atoms in total. The van der Waals surface area contributed by atoms with Crippen molar-refractivity contribution in [3.63, 3.8) is 0 Å². The van der Waals surface area contributed by atoms with Gasteiger partial charge in [-0.05, 0) is 59.7 Å². The predicted molar refractivity (Wildman–Crippen MR) is 194 cm³/mol. The van der Waals surface area contributed by atoms with Gasteiger partial charge < -0.3 is 29.7 Å². The number of hydrogen-bond donors (Lipinski definition) is 4. The number of rotatable bonds is 9. The quantitative estimate of drug-likeness (QED) is 0.105. The SMILES string of the molecule is Nc1c(S(=O)(=O)[O-])cc(S(=O)(=O)[O-])c2c1C(=O)C(=NNc1ccc(-c3ccc(NN=C4C=Cc5c(S(=O)(=O)[O-])cc(S(=O)(=O)[O-])c(N)c5C4=O)cc3)cc1)C=C2. The normalized spacial score (nSPS) is 15.9. The van der Waals surface area contributed by atoms with Gasteiger partial charge in [-0.3, -0.25) is 20.4 Å². The largest absolute Gasteiger partial charge is 0.744 e. The van der Waals surface area contributed by atoms with Crippen LogP contribution in [0.4, 0.5) is 22.7 Å². The Bertz CT molecular complexity index is 2790. The van der Waals surface area contributed by atoms with Gasteiger partial charge in [-0.15, -0.1) is 0 Å². The van der Waals surface area contributed by atoms with Crippen LogP contribution >= 0.6 is 0 Å². The number of anilines is 4. The molecule has 0 aliphatic heterocycles. The highest BCUT2D eigenvalue weighted by Gasteiger charge is 2.31. The average Bonchev–Trinajstić information content (AvgIpc) is 3.09. The second-order valence-electron chi connectivity index (χ2n) is 11.7. The van der Waals surface area contributed by atoms with Gasteiger partial charge in [0.05, 0.1) is 53.5 Å². The smallest absolute Gasteiger partial charge is 0.215 e. The van der Waals surface area contributed by atoms with Gasteiger partial charge in [-0.25, -0.2) is 33.7 Å². The molecule has 4 aromatic rings. The lowest BCUT2D eigenvalue weighted by Gasteiger charge is -2.22. The molecular formula is C32H20N6O14S4-4. The highest BCUT2D eigenvalue weighted by molar-refractivity contribution is 7.87. The number of fused-ring (bicyclic) bond motifs is 2. The molecule has 0 heterocycles. The summed E-state index contributed by atoms with van der Waals surface area (Å²) in [6.07, 6.45) is 4.17. The Morgan fingerprint density at radius 1 is 0.464 bits per heavy atom. The summed E-state index contributed by atoms with van der Waals surface area (Å²) < 4.78 is 141. The number of carbonyl (C=O) groups is 2. The van der Waals surface area contributed by atoms with E-state index in [2.05, 4.69) is 21.1 Å². The number of allylic oxidation sites excluding steroid dienone is 2. The lowest BCUT2D eigenvalue weighted by Crippen LogP contribution is -2.23. The van der Waals surface area contributed by atoms with Gasteiger partial charge in [0.2, 0.25) is 11.6 Å². The van der Waals surface area contributed by atoms with E-state index in [1.165, 1.54) is 0 Å². The van der Waals surface area contributed by atoms with Crippen LogP contribution in [0.15, 0.2) is 103 Å². The Morgan fingerprint density at radius 3 is 1.05 bits per heavy atom. The number of nitrogen functional groups attached to an aromatic ring is 2. The Balaban J connectivity index is 1.18. The molecule has 56 heavy (non-hydrogen) atoms. The molecule has 0 unspecified atom stereocenters. The molecule has 0 spiro atoms. The maximum absolute atomic E-state index is 13.2. The van der Waals surface area contributed by atoms with Crippen molar-refractivity contribution in [1.29, 1.82) is 0 Å². The summed E-state index contributed by atoms with van der Waals surface area (Å²) in [7, 11) is -21.5. The summed E-state index contributed by atoms with van der Waals surface area (Å²) in [6.45, 7) is 0. The van der Waals surface area contributed by atoms with Crippen molar-refractivity contribution >= 4 is 98.4 Å². The molecule has 2 aliphatic rings. The average molecular weight is 841 g/mol. The Labute approximate surface area is 316 Å². The maximum atomic E-state index is 13.2. The first-order chi connectivity index (χ1) is 26.0. The zero-order valence-corrected chi connectivity index (χ0v) is 30.7. The van der Waals surface area contributed by atoms with Crippen molar-refractivity contribution in [2.45, 2.75) is 19.6 Å². The van der Waals surface area contributed by atoms with Crippen molar-refractivity contribution in [3.8, 4) is 11.1 Å². The fourth-order valence-electron chi connectivity index (χ4n) is 5.61. The van der Waals surface area contributed by atoms with E-state index in [0.717, 1.165) is 24.3 Å². The van der Waals surface area contributed by atoms with Gasteiger partial charge >= 0.3 is 0 Å². The van der Waals surface area contributed by atoms with Crippen LogP contribution in [-0.2, 0) is 40.5 Å². The zero-order valence-electron chi connectivity index (χ0n) is 27.5. The summed E-state index contributed by atoms with van der Waals surface area (Å²) in [5.41, 5.74) is 14.0. The molecule has 0 fully saturated rings. The monoisotopic (exact) mass is 840 g/mol. The lowest BCUT2D eigenvalue weighted by atomic mass is 9.93. The summed E-state index contributed by atoms with van der Waals surface area (Å²) in [5.74, 6) is -2.13. The van der Waals surface area contributed by atoms with E-state index >= 15 is 0 Å². The van der Waals surface area contributed by atoms with Crippen LogP contribution in [0.3, 0.4) is 0 Å². The van der Waals surface area contributed by atoms with Crippen molar-refractivity contribution in [2.75, 3.05) is 22.3 Å². The summed E-state index contributed by atoms with van der Waals surface area (Å²) in [6, 6.07) is 13.5. The van der Waals surface area contributed by atoms with Crippen molar-refractivity contribution in [3.05, 3.63) is 95.1 Å². The molecule has 0 amide bonds. The third-order valence-corrected chi connectivity index (χ3v) is 11.7. The van der Waals surface area contributed by atoms with E-state index in [1.807, 2.05) is 0 Å². The minimum atomic E-state index is -5.39. The molecule has 4 aromatic carbocycles. The van der Waals surface area contributed by atoms with Crippen LogP contribution in [0.25, 0.3) is 23.3 Å². The van der Waals surface area contributed by atoms with Crippen LogP contribution < -0.4 is 22.3 Å². The first-order valence-electron chi connectivity index (χ1n) is 15.1. The number of nitrogens with one attached hydrogen (secondary N) is 2. The molecule has 0 radical (unpaired) electrons. The number of hydrazone groups is 2. The topological polar surface area (TPSA) is 364 Å². The first kappa shape index (κ1) is 39.6. The molecule has 0 aromatic heterocycles. The number of nitrogens with zero attached hydrogens (tertiary/aromatic N) is 2. The summed E-state index contributed by atoms with van der Waals surface area (Å²) in [5, 5.41) is 7.93. The van der Waals surface area contributed by atoms with Gasteiger partial charge in [0.25, 0.3) is 0 Å². The van der Waals surface area contributed by atoms with Gasteiger partial charge in [-0.1, -0.05) is 36.4 Å². The van der Waals surface area contributed by atoms with Crippen LogP contribution in [0.1, 0.15) is 31.8 Å². The van der Waals surface area contributed by atoms with Gasteiger partial charge in [0, 0.05) is 11.1 Å². The zero-order chi connectivity index (χ0) is 41.1. The molecule has 6 N–H and O–H groups in total. The van der Waals surface area contributed by atoms with Crippen LogP contribution in [0.5, 0.6) is 0 Å². The van der Waals surface area contributed by atoms with Crippen molar-refractivity contribution < 1.29 is 61.5 Å². The molecule has 2 aliphatic carbocycles. The molecule has 0 saturated carbocycles. The Morgan fingerprint density at radius 2 is 0.768 bits per heavy atom. The lowest BCUT2D eigenvalue weighted by molar-refractivity contribution is 0.105. The number of carbonyl (C=O) groups excluding carboxylic acids is 2. The van der Waals surface area contributed by atoms with Crippen LogP contribution in [0, 0.1) is 0 Å². The first-order valence-corrected chi connectivity index (χ1v) is 20.7. The van der Waals surface area contributed by atoms with E-state index in [1.54, 1.807) is 48.5 Å². The second kappa shape index (κ2) is 13.9. The standard InChI is InChI=1S/C32H24N6O14S4/c33-29-25(55(47,48)49)13-23(53(41,42)43)19-9-11-21(31(39)27(19)29)37-35-17-5-1-15(2-6-17)16-3-7-18(8-4-16)36-38-22-12-10-20-24(54(44,45)46)14-26(56(50,51)52)30(34)28(20)32(22)40/h1-14,35-36H,33-34H2,(H,41,42,43)(H,44,45,46)(H,47,48,49)(H,50,51,52)/p-4. The number of ketones is 2. The minimum Gasteiger partial charge on any atom is -0.744 e. The Kier molecular flexibility index (Phi) is 9.80. The fourth-order valence-corrected chi connectivity index (χ4v) is 8.43. The number of benzene rings is 4. The highest BCUT2D eigenvalue weighted by atomic mass is 32.2. The summed E-state index contributed by atoms with van der Waals surface area (Å²) in [4.78, 5) is 21.6. The Hall–Kier alpha value is -6.12. The third-order valence-electron chi connectivity index (χ3n) is 8.19. The minimum absolute atomic E-state index is 0.308. The molecular weight excluding hydrogens is 821 g/mol. The van der Waals surface area contributed by atoms with Crippen molar-refractivity contribution in [1.82, 2.24) is 0 Å². The van der Waals surface area contributed by atoms with Gasteiger partial charge in [-0.2, -0.15) is 10.2 Å². The summed E-state index contributed by atoms with van der Waals surface area (Å²) >= 11 is 0. The van der Waals surface area contributed by atoms with Crippen LogP contribution in [-0.4, -0.2) is 74.9 Å². The van der Waals surface area contributed by atoms with E-state index in [4.69, 9.17) is 11.5 Å².